The fourth-order valence-corrected chi connectivity index (χ4v) is 1.31. The first-order chi connectivity index (χ1) is 4.79. The lowest BCUT2D eigenvalue weighted by atomic mass is 10.5. The summed E-state index contributed by atoms with van der Waals surface area (Å²) in [6.45, 7) is 1.41. The van der Waals surface area contributed by atoms with Crippen LogP contribution in [0.25, 0.3) is 0 Å². The van der Waals surface area contributed by atoms with Crippen molar-refractivity contribution in [2.45, 2.75) is 12.4 Å². The lowest BCUT2D eigenvalue weighted by Gasteiger charge is -2.11. The van der Waals surface area contributed by atoms with E-state index in [4.69, 9.17) is 4.74 Å². The monoisotopic (exact) mass is 156 g/mol. The fraction of sp³-hybridized carbons (Fsp3) is 0.286. The summed E-state index contributed by atoms with van der Waals surface area (Å²) in [6, 6.07) is 0. The highest BCUT2D eigenvalue weighted by Crippen LogP contribution is 2.18. The maximum absolute atomic E-state index is 10.4. The Balaban J connectivity index is 2.37. The standard InChI is InChI=1S/C7H8O2S/c1-6(8)9-7-4-2-3-5-10-7/h2-5,7H,1H3. The Morgan fingerprint density at radius 2 is 2.40 bits per heavy atom. The first-order valence-corrected chi connectivity index (χ1v) is 3.89. The summed E-state index contributed by atoms with van der Waals surface area (Å²) < 4.78 is 4.88. The van der Waals surface area contributed by atoms with Crippen LogP contribution >= 0.6 is 11.8 Å². The third-order valence-corrected chi connectivity index (χ3v) is 1.79. The van der Waals surface area contributed by atoms with Gasteiger partial charge in [-0.1, -0.05) is 23.9 Å². The van der Waals surface area contributed by atoms with Gasteiger partial charge in [-0.25, -0.2) is 0 Å². The first-order valence-electron chi connectivity index (χ1n) is 2.95. The van der Waals surface area contributed by atoms with Crippen molar-refractivity contribution in [1.82, 2.24) is 0 Å². The van der Waals surface area contributed by atoms with Crippen LogP contribution in [0.1, 0.15) is 6.92 Å². The smallest absolute Gasteiger partial charge is 0.304 e. The van der Waals surface area contributed by atoms with Gasteiger partial charge in [0.05, 0.1) is 0 Å². The van der Waals surface area contributed by atoms with Crippen LogP contribution in [0, 0.1) is 0 Å². The number of hydrogen-bond acceptors (Lipinski definition) is 3. The zero-order valence-corrected chi connectivity index (χ0v) is 6.43. The van der Waals surface area contributed by atoms with Gasteiger partial charge in [0.25, 0.3) is 0 Å². The van der Waals surface area contributed by atoms with Gasteiger partial charge in [-0.15, -0.1) is 0 Å². The topological polar surface area (TPSA) is 26.3 Å². The zero-order valence-electron chi connectivity index (χ0n) is 5.61. The minimum atomic E-state index is -0.238. The molecule has 1 heterocycles. The summed E-state index contributed by atoms with van der Waals surface area (Å²) in [5, 5.41) is 1.90. The van der Waals surface area contributed by atoms with Crippen molar-refractivity contribution in [2.24, 2.45) is 0 Å². The minimum absolute atomic E-state index is 0.123. The van der Waals surface area contributed by atoms with Gasteiger partial charge >= 0.3 is 5.97 Å². The van der Waals surface area contributed by atoms with Crippen molar-refractivity contribution >= 4 is 17.7 Å². The number of carbonyl (C=O) groups excluding carboxylic acids is 1. The molecule has 1 atom stereocenters. The first kappa shape index (κ1) is 7.41. The number of thioether (sulfide) groups is 1. The molecule has 0 bridgehead atoms. The average Bonchev–Trinajstić information content (AvgIpc) is 1.88. The van der Waals surface area contributed by atoms with Crippen molar-refractivity contribution in [3.63, 3.8) is 0 Å². The number of allylic oxidation sites excluding steroid dienone is 2. The summed E-state index contributed by atoms with van der Waals surface area (Å²) in [7, 11) is 0. The lowest BCUT2D eigenvalue weighted by molar-refractivity contribution is -0.140. The van der Waals surface area contributed by atoms with E-state index in [0.29, 0.717) is 0 Å². The molecule has 0 spiro atoms. The fourth-order valence-electron chi connectivity index (χ4n) is 0.599. The summed E-state index contributed by atoms with van der Waals surface area (Å²) in [5.74, 6) is -0.238. The quantitative estimate of drug-likeness (QED) is 0.540. The van der Waals surface area contributed by atoms with Gasteiger partial charge in [-0.05, 0) is 11.5 Å². The molecule has 0 N–H and O–H groups in total. The molecular formula is C7H8O2S. The molecule has 1 rings (SSSR count). The average molecular weight is 156 g/mol. The Morgan fingerprint density at radius 1 is 1.60 bits per heavy atom. The lowest BCUT2D eigenvalue weighted by Crippen LogP contribution is -2.09. The Labute approximate surface area is 63.9 Å². The zero-order chi connectivity index (χ0) is 7.40. The van der Waals surface area contributed by atoms with Crippen molar-refractivity contribution < 1.29 is 9.53 Å². The molecule has 1 unspecified atom stereocenters. The Morgan fingerprint density at radius 3 is 2.90 bits per heavy atom. The number of carbonyl (C=O) groups is 1. The van der Waals surface area contributed by atoms with Gasteiger partial charge in [-0.3, -0.25) is 4.79 Å². The van der Waals surface area contributed by atoms with Gasteiger partial charge in [0.1, 0.15) is 0 Å². The predicted molar refractivity (Wildman–Crippen MR) is 41.4 cm³/mol. The molecule has 0 aromatic carbocycles. The van der Waals surface area contributed by atoms with Crippen molar-refractivity contribution in [2.75, 3.05) is 0 Å². The highest BCUT2D eigenvalue weighted by Gasteiger charge is 2.07. The molecule has 0 aromatic rings. The molecule has 0 aliphatic carbocycles. The molecule has 0 aromatic heterocycles. The van der Waals surface area contributed by atoms with Gasteiger partial charge in [0, 0.05) is 6.92 Å². The molecule has 10 heavy (non-hydrogen) atoms. The summed E-state index contributed by atoms with van der Waals surface area (Å²) in [6.07, 6.45) is 5.61. The van der Waals surface area contributed by atoms with E-state index in [9.17, 15) is 4.79 Å². The van der Waals surface area contributed by atoms with E-state index in [1.165, 1.54) is 18.7 Å². The van der Waals surface area contributed by atoms with Crippen LogP contribution in [0.15, 0.2) is 23.6 Å². The van der Waals surface area contributed by atoms with Crippen LogP contribution < -0.4 is 0 Å². The van der Waals surface area contributed by atoms with Crippen LogP contribution in [0.4, 0.5) is 0 Å². The van der Waals surface area contributed by atoms with Crippen LogP contribution in [-0.2, 0) is 9.53 Å². The van der Waals surface area contributed by atoms with E-state index in [0.717, 1.165) is 0 Å². The number of rotatable bonds is 1. The molecule has 0 saturated heterocycles. The predicted octanol–water partition coefficient (Wildman–Crippen LogP) is 1.69. The van der Waals surface area contributed by atoms with Gasteiger partial charge in [0.2, 0.25) is 0 Å². The normalized spacial score (nSPS) is 22.7. The summed E-state index contributed by atoms with van der Waals surface area (Å²) in [5.41, 5.74) is -0.123. The van der Waals surface area contributed by atoms with Gasteiger partial charge in [0.15, 0.2) is 5.44 Å². The molecule has 3 heteroatoms. The Hall–Kier alpha value is -0.700. The van der Waals surface area contributed by atoms with E-state index < -0.39 is 0 Å². The van der Waals surface area contributed by atoms with E-state index >= 15 is 0 Å². The summed E-state index contributed by atoms with van der Waals surface area (Å²) in [4.78, 5) is 10.4. The summed E-state index contributed by atoms with van der Waals surface area (Å²) >= 11 is 1.48. The molecule has 0 fully saturated rings. The molecule has 1 aliphatic rings. The van der Waals surface area contributed by atoms with Crippen molar-refractivity contribution in [1.29, 1.82) is 0 Å². The van der Waals surface area contributed by atoms with Gasteiger partial charge in [-0.2, -0.15) is 0 Å². The maximum atomic E-state index is 10.4. The maximum Gasteiger partial charge on any atom is 0.304 e. The molecule has 0 amide bonds. The minimum Gasteiger partial charge on any atom is -0.447 e. The second-order valence-corrected chi connectivity index (χ2v) is 2.84. The second-order valence-electron chi connectivity index (χ2n) is 1.83. The number of hydrogen-bond donors (Lipinski definition) is 0. The molecule has 54 valence electrons. The second kappa shape index (κ2) is 3.46. The van der Waals surface area contributed by atoms with Crippen LogP contribution in [0.5, 0.6) is 0 Å². The van der Waals surface area contributed by atoms with Crippen LogP contribution in [-0.4, -0.2) is 11.4 Å². The Kier molecular flexibility index (Phi) is 2.57. The van der Waals surface area contributed by atoms with Crippen LogP contribution in [0.2, 0.25) is 0 Å². The third-order valence-electron chi connectivity index (χ3n) is 0.953. The molecule has 2 nitrogen and oxygen atoms in total. The van der Waals surface area contributed by atoms with Crippen molar-refractivity contribution in [3.8, 4) is 0 Å². The highest BCUT2D eigenvalue weighted by molar-refractivity contribution is 8.02. The van der Waals surface area contributed by atoms with E-state index in [2.05, 4.69) is 0 Å². The number of ether oxygens (including phenoxy) is 1. The molecule has 1 aliphatic heterocycles. The number of esters is 1. The highest BCUT2D eigenvalue weighted by atomic mass is 32.2. The third kappa shape index (κ3) is 2.27. The Bertz CT molecular complexity index is 184. The van der Waals surface area contributed by atoms with E-state index in [1.807, 2.05) is 23.6 Å². The molecule has 0 saturated carbocycles. The molecular weight excluding hydrogens is 148 g/mol. The van der Waals surface area contributed by atoms with E-state index in [1.54, 1.807) is 0 Å². The SMILES string of the molecule is CC(=O)OC1C=CC=CS1. The largest absolute Gasteiger partial charge is 0.447 e. The van der Waals surface area contributed by atoms with E-state index in [-0.39, 0.29) is 11.4 Å². The van der Waals surface area contributed by atoms with Gasteiger partial charge < -0.3 is 4.74 Å². The van der Waals surface area contributed by atoms with Crippen molar-refractivity contribution in [3.05, 3.63) is 23.6 Å². The molecule has 0 radical (unpaired) electrons. The van der Waals surface area contributed by atoms with Crippen LogP contribution in [0.3, 0.4) is 0 Å².